The molecule has 164 valence electrons. The summed E-state index contributed by atoms with van der Waals surface area (Å²) >= 11 is 7.28. The largest absolute Gasteiger partial charge is 0.358 e. The van der Waals surface area contributed by atoms with Gasteiger partial charge < -0.3 is 9.80 Å². The standard InChI is InChI=1S/C24H31FN2S2.ClH/c1-26(2)16-18-7-9-20(10-8-18)21-11-13-23(14-12-21)27(3)24(28)29-17-19-5-4-6-22(25)15-19;/h4-10,15,21,23H,11-14,16-17H2,1-3H3;1H/t21-,23-;. The molecule has 0 unspecified atom stereocenters. The van der Waals surface area contributed by atoms with E-state index in [2.05, 4.69) is 55.2 Å². The van der Waals surface area contributed by atoms with Crippen LogP contribution in [0.2, 0.25) is 0 Å². The Balaban J connectivity index is 0.00000320. The lowest BCUT2D eigenvalue weighted by Crippen LogP contribution is -2.37. The maximum atomic E-state index is 13.3. The highest BCUT2D eigenvalue weighted by Gasteiger charge is 2.26. The predicted molar refractivity (Wildman–Crippen MR) is 134 cm³/mol. The van der Waals surface area contributed by atoms with Crippen molar-refractivity contribution in [3.63, 3.8) is 0 Å². The molecule has 1 fully saturated rings. The zero-order valence-electron chi connectivity index (χ0n) is 18.0. The molecule has 0 amide bonds. The average Bonchev–Trinajstić information content (AvgIpc) is 2.72. The Morgan fingerprint density at radius 1 is 1.00 bits per heavy atom. The maximum absolute atomic E-state index is 13.3. The van der Waals surface area contributed by atoms with Gasteiger partial charge in [0.15, 0.2) is 0 Å². The minimum absolute atomic E-state index is 0. The first-order valence-electron chi connectivity index (χ1n) is 10.3. The summed E-state index contributed by atoms with van der Waals surface area (Å²) in [7, 11) is 6.32. The van der Waals surface area contributed by atoms with Gasteiger partial charge in [0, 0.05) is 25.4 Å². The van der Waals surface area contributed by atoms with Crippen molar-refractivity contribution in [3.05, 3.63) is 71.0 Å². The van der Waals surface area contributed by atoms with Gasteiger partial charge in [0.25, 0.3) is 0 Å². The lowest BCUT2D eigenvalue weighted by atomic mass is 9.81. The number of thioether (sulfide) groups is 1. The summed E-state index contributed by atoms with van der Waals surface area (Å²) < 4.78 is 14.2. The molecule has 0 N–H and O–H groups in total. The van der Waals surface area contributed by atoms with Crippen LogP contribution in [-0.2, 0) is 12.3 Å². The van der Waals surface area contributed by atoms with Crippen LogP contribution in [0.4, 0.5) is 4.39 Å². The van der Waals surface area contributed by atoms with E-state index in [0.29, 0.717) is 12.0 Å². The van der Waals surface area contributed by atoms with E-state index in [1.54, 1.807) is 23.9 Å². The van der Waals surface area contributed by atoms with E-state index in [4.69, 9.17) is 12.2 Å². The fourth-order valence-electron chi connectivity index (χ4n) is 4.08. The van der Waals surface area contributed by atoms with Gasteiger partial charge in [-0.15, -0.1) is 12.4 Å². The highest BCUT2D eigenvalue weighted by molar-refractivity contribution is 8.22. The molecule has 30 heavy (non-hydrogen) atoms. The van der Waals surface area contributed by atoms with Crippen LogP contribution >= 0.6 is 36.4 Å². The van der Waals surface area contributed by atoms with Crippen LogP contribution in [0.1, 0.15) is 48.3 Å². The minimum Gasteiger partial charge on any atom is -0.358 e. The third-order valence-corrected chi connectivity index (χ3v) is 7.39. The number of hydrogen-bond donors (Lipinski definition) is 0. The van der Waals surface area contributed by atoms with Crippen molar-refractivity contribution in [1.82, 2.24) is 9.80 Å². The number of benzene rings is 2. The molecule has 3 rings (SSSR count). The molecular formula is C24H32ClFN2S2. The summed E-state index contributed by atoms with van der Waals surface area (Å²) in [5, 5.41) is 0. The SMILES string of the molecule is CN(C)Cc1ccc([C@H]2CC[C@H](N(C)C(=S)SCc3cccc(F)c3)CC2)cc1.Cl. The highest BCUT2D eigenvalue weighted by Crippen LogP contribution is 2.35. The van der Waals surface area contributed by atoms with E-state index in [1.165, 1.54) is 42.9 Å². The molecule has 0 radical (unpaired) electrons. The Hall–Kier alpha value is -1.14. The van der Waals surface area contributed by atoms with Gasteiger partial charge in [-0.1, -0.05) is 60.4 Å². The Morgan fingerprint density at radius 3 is 2.27 bits per heavy atom. The Morgan fingerprint density at radius 2 is 1.67 bits per heavy atom. The Labute approximate surface area is 196 Å². The molecule has 6 heteroatoms. The van der Waals surface area contributed by atoms with Crippen LogP contribution in [0.5, 0.6) is 0 Å². The summed E-state index contributed by atoms with van der Waals surface area (Å²) in [6.07, 6.45) is 4.75. The van der Waals surface area contributed by atoms with Crippen LogP contribution in [0, 0.1) is 5.82 Å². The summed E-state index contributed by atoms with van der Waals surface area (Å²) in [4.78, 5) is 4.46. The van der Waals surface area contributed by atoms with Crippen molar-refractivity contribution >= 4 is 40.7 Å². The molecule has 0 spiro atoms. The molecule has 1 saturated carbocycles. The van der Waals surface area contributed by atoms with Gasteiger partial charge in [-0.05, 0) is 74.5 Å². The summed E-state index contributed by atoms with van der Waals surface area (Å²) in [6.45, 7) is 0.989. The fraction of sp³-hybridized carbons (Fsp3) is 0.458. The topological polar surface area (TPSA) is 6.48 Å². The van der Waals surface area contributed by atoms with Gasteiger partial charge in [-0.25, -0.2) is 4.39 Å². The minimum atomic E-state index is -0.185. The molecule has 2 aromatic carbocycles. The molecule has 0 atom stereocenters. The van der Waals surface area contributed by atoms with Gasteiger partial charge >= 0.3 is 0 Å². The number of rotatable bonds is 6. The van der Waals surface area contributed by atoms with Gasteiger partial charge in [0.1, 0.15) is 10.1 Å². The Bertz CT molecular complexity index is 805. The van der Waals surface area contributed by atoms with Crippen LogP contribution in [0.25, 0.3) is 0 Å². The second-order valence-electron chi connectivity index (χ2n) is 8.28. The molecule has 2 nitrogen and oxygen atoms in total. The van der Waals surface area contributed by atoms with Gasteiger partial charge in [-0.3, -0.25) is 0 Å². The van der Waals surface area contributed by atoms with Gasteiger partial charge in [0.05, 0.1) is 0 Å². The normalized spacial score (nSPS) is 18.7. The molecule has 0 heterocycles. The second-order valence-corrected chi connectivity index (χ2v) is 9.89. The zero-order valence-corrected chi connectivity index (χ0v) is 20.5. The van der Waals surface area contributed by atoms with Gasteiger partial charge in [0.2, 0.25) is 0 Å². The lowest BCUT2D eigenvalue weighted by Gasteiger charge is -2.36. The average molecular weight is 467 g/mol. The molecule has 1 aliphatic carbocycles. The first-order chi connectivity index (χ1) is 13.9. The second kappa shape index (κ2) is 12.0. The number of halogens is 2. The summed E-state index contributed by atoms with van der Waals surface area (Å²) in [5.74, 6) is 1.19. The highest BCUT2D eigenvalue weighted by atomic mass is 35.5. The first kappa shape index (κ1) is 25.1. The van der Waals surface area contributed by atoms with Crippen LogP contribution in [0.3, 0.4) is 0 Å². The maximum Gasteiger partial charge on any atom is 0.136 e. The van der Waals surface area contributed by atoms with E-state index >= 15 is 0 Å². The molecule has 0 aromatic heterocycles. The summed E-state index contributed by atoms with van der Waals surface area (Å²) in [5.41, 5.74) is 3.82. The van der Waals surface area contributed by atoms with E-state index in [1.807, 2.05) is 6.07 Å². The number of hydrogen-bond acceptors (Lipinski definition) is 3. The number of thiocarbonyl (C=S) groups is 1. The van der Waals surface area contributed by atoms with Gasteiger partial charge in [-0.2, -0.15) is 0 Å². The van der Waals surface area contributed by atoms with E-state index in [9.17, 15) is 4.39 Å². The van der Waals surface area contributed by atoms with Crippen molar-refractivity contribution < 1.29 is 4.39 Å². The van der Waals surface area contributed by atoms with E-state index in [-0.39, 0.29) is 18.2 Å². The summed E-state index contributed by atoms with van der Waals surface area (Å²) in [6, 6.07) is 16.4. The first-order valence-corrected chi connectivity index (χ1v) is 11.7. The van der Waals surface area contributed by atoms with Crippen molar-refractivity contribution in [2.45, 2.75) is 49.9 Å². The van der Waals surface area contributed by atoms with E-state index in [0.717, 1.165) is 22.2 Å². The van der Waals surface area contributed by atoms with Crippen LogP contribution < -0.4 is 0 Å². The van der Waals surface area contributed by atoms with Crippen LogP contribution in [-0.4, -0.2) is 41.3 Å². The third kappa shape index (κ3) is 7.23. The molecular weight excluding hydrogens is 435 g/mol. The third-order valence-electron chi connectivity index (χ3n) is 5.73. The van der Waals surface area contributed by atoms with Crippen LogP contribution in [0.15, 0.2) is 48.5 Å². The van der Waals surface area contributed by atoms with Crippen molar-refractivity contribution in [1.29, 1.82) is 0 Å². The Kier molecular flexibility index (Phi) is 10.1. The molecule has 0 aliphatic heterocycles. The molecule has 1 aliphatic rings. The molecule has 0 saturated heterocycles. The fourth-order valence-corrected chi connectivity index (χ4v) is 5.23. The smallest absolute Gasteiger partial charge is 0.136 e. The zero-order chi connectivity index (χ0) is 20.8. The molecule has 0 bridgehead atoms. The quantitative estimate of drug-likeness (QED) is 0.449. The van der Waals surface area contributed by atoms with E-state index < -0.39 is 0 Å². The lowest BCUT2D eigenvalue weighted by molar-refractivity contribution is 0.267. The molecule has 2 aromatic rings. The number of nitrogens with zero attached hydrogens (tertiary/aromatic N) is 2. The predicted octanol–water partition coefficient (Wildman–Crippen LogP) is 6.49. The van der Waals surface area contributed by atoms with Crippen molar-refractivity contribution in [2.24, 2.45) is 0 Å². The van der Waals surface area contributed by atoms with Crippen molar-refractivity contribution in [2.75, 3.05) is 21.1 Å². The van der Waals surface area contributed by atoms with Crippen molar-refractivity contribution in [3.8, 4) is 0 Å². The monoisotopic (exact) mass is 466 g/mol.